The van der Waals surface area contributed by atoms with Gasteiger partial charge in [-0.2, -0.15) is 0 Å². The Morgan fingerprint density at radius 1 is 0.500 bits per heavy atom. The van der Waals surface area contributed by atoms with Crippen LogP contribution in [0, 0.1) is 6.92 Å². The van der Waals surface area contributed by atoms with Gasteiger partial charge in [0.05, 0.1) is 19.6 Å². The van der Waals surface area contributed by atoms with Crippen molar-refractivity contribution in [3.05, 3.63) is 29.8 Å². The summed E-state index contributed by atoms with van der Waals surface area (Å²) < 4.78 is 1.20. The summed E-state index contributed by atoms with van der Waals surface area (Å²) in [6.07, 6.45) is 19.8. The smallest absolute Gasteiger partial charge is 0.132 e. The number of rotatable bonds is 18. The maximum Gasteiger partial charge on any atom is 0.132 e. The second kappa shape index (κ2) is 16.0. The molecule has 0 N–H and O–H groups in total. The van der Waals surface area contributed by atoms with Crippen molar-refractivity contribution in [2.75, 3.05) is 19.6 Å². The topological polar surface area (TPSA) is 0 Å². The van der Waals surface area contributed by atoms with Gasteiger partial charge in [-0.05, 0) is 44.7 Å². The van der Waals surface area contributed by atoms with Crippen LogP contribution in [0.4, 0.5) is 5.69 Å². The molecule has 0 heterocycles. The number of aryl methyl sites for hydroxylation is 1. The van der Waals surface area contributed by atoms with Crippen LogP contribution in [0.1, 0.15) is 116 Å². The summed E-state index contributed by atoms with van der Waals surface area (Å²) in [5.41, 5.74) is 2.91. The van der Waals surface area contributed by atoms with Gasteiger partial charge in [-0.25, -0.2) is 0 Å². The van der Waals surface area contributed by atoms with Gasteiger partial charge in [0.25, 0.3) is 0 Å². The number of benzene rings is 1. The highest BCUT2D eigenvalue weighted by atomic mass is 15.4. The average Bonchev–Trinajstić information content (AvgIpc) is 2.69. The fraction of sp³-hybridized carbons (Fsp3) is 0.778. The maximum absolute atomic E-state index is 2.39. The van der Waals surface area contributed by atoms with E-state index in [0.717, 1.165) is 0 Å². The summed E-state index contributed by atoms with van der Waals surface area (Å²) in [4.78, 5) is 0. The predicted molar refractivity (Wildman–Crippen MR) is 129 cm³/mol. The Balaban J connectivity index is 2.29. The van der Waals surface area contributed by atoms with Gasteiger partial charge in [0.2, 0.25) is 0 Å². The van der Waals surface area contributed by atoms with Gasteiger partial charge in [-0.3, -0.25) is 4.48 Å². The lowest BCUT2D eigenvalue weighted by molar-refractivity contribution is 0.265. The van der Waals surface area contributed by atoms with Gasteiger partial charge in [0.1, 0.15) is 5.69 Å². The summed E-state index contributed by atoms with van der Waals surface area (Å²) in [5, 5.41) is 0. The third-order valence-electron chi connectivity index (χ3n) is 6.32. The molecule has 0 atom stereocenters. The lowest BCUT2D eigenvalue weighted by atomic mass is 10.0. The Morgan fingerprint density at radius 3 is 1.36 bits per heavy atom. The minimum atomic E-state index is 1.20. The first-order valence-electron chi connectivity index (χ1n) is 12.6. The summed E-state index contributed by atoms with van der Waals surface area (Å²) >= 11 is 0. The Bertz CT molecular complexity index is 456. The first-order chi connectivity index (χ1) is 13.7. The Kier molecular flexibility index (Phi) is 14.4. The van der Waals surface area contributed by atoms with Crippen molar-refractivity contribution in [3.63, 3.8) is 0 Å². The molecule has 0 aliphatic heterocycles. The van der Waals surface area contributed by atoms with E-state index in [1.54, 1.807) is 0 Å². The maximum atomic E-state index is 2.39. The first-order valence-corrected chi connectivity index (χ1v) is 12.6. The minimum Gasteiger partial charge on any atom is -0.291 e. The monoisotopic (exact) mass is 388 g/mol. The molecule has 1 aromatic rings. The molecule has 28 heavy (non-hydrogen) atoms. The zero-order valence-corrected chi connectivity index (χ0v) is 19.8. The fourth-order valence-electron chi connectivity index (χ4n) is 4.70. The Labute approximate surface area is 177 Å². The molecule has 0 amide bonds. The quantitative estimate of drug-likeness (QED) is 0.174. The van der Waals surface area contributed by atoms with Gasteiger partial charge in [-0.15, -0.1) is 0 Å². The number of quaternary nitrogens is 1. The molecule has 0 saturated heterocycles. The van der Waals surface area contributed by atoms with Crippen molar-refractivity contribution >= 4 is 5.69 Å². The van der Waals surface area contributed by atoms with Gasteiger partial charge in [-0.1, -0.05) is 103 Å². The van der Waals surface area contributed by atoms with Crippen LogP contribution >= 0.6 is 0 Å². The molecule has 1 nitrogen and oxygen atoms in total. The summed E-state index contributed by atoms with van der Waals surface area (Å²) in [5.74, 6) is 0. The molecule has 0 aliphatic rings. The minimum absolute atomic E-state index is 1.20. The summed E-state index contributed by atoms with van der Waals surface area (Å²) in [6, 6.07) is 9.38. The Morgan fingerprint density at radius 2 is 0.929 bits per heavy atom. The Hall–Kier alpha value is -0.820. The van der Waals surface area contributed by atoms with Crippen molar-refractivity contribution in [3.8, 4) is 0 Å². The van der Waals surface area contributed by atoms with Crippen LogP contribution in [0.15, 0.2) is 24.3 Å². The zero-order valence-electron chi connectivity index (χ0n) is 19.8. The number of hydrogen-bond donors (Lipinski definition) is 0. The lowest BCUT2D eigenvalue weighted by Gasteiger charge is -2.38. The number of nitrogens with zero attached hydrogens (tertiary/aromatic N) is 1. The molecule has 1 rings (SSSR count). The lowest BCUT2D eigenvalue weighted by Crippen LogP contribution is -2.51. The van der Waals surface area contributed by atoms with Crippen LogP contribution in [-0.2, 0) is 0 Å². The molecule has 0 spiro atoms. The molecular weight excluding hydrogens is 338 g/mol. The van der Waals surface area contributed by atoms with Crippen LogP contribution < -0.4 is 4.48 Å². The third-order valence-corrected chi connectivity index (χ3v) is 6.32. The van der Waals surface area contributed by atoms with Gasteiger partial charge >= 0.3 is 0 Å². The molecule has 0 radical (unpaired) electrons. The van der Waals surface area contributed by atoms with Crippen molar-refractivity contribution in [2.45, 2.75) is 118 Å². The molecule has 0 aromatic heterocycles. The van der Waals surface area contributed by atoms with E-state index in [4.69, 9.17) is 0 Å². The van der Waals surface area contributed by atoms with Crippen molar-refractivity contribution in [2.24, 2.45) is 0 Å². The van der Waals surface area contributed by atoms with E-state index < -0.39 is 0 Å². The SMILES string of the molecule is CCCCCCCCCCCCCC[N+](CCC)(CCC)c1ccc(C)cc1. The third kappa shape index (κ3) is 10.1. The van der Waals surface area contributed by atoms with Crippen LogP contribution in [0.3, 0.4) is 0 Å². The highest BCUT2D eigenvalue weighted by Crippen LogP contribution is 2.26. The van der Waals surface area contributed by atoms with Crippen molar-refractivity contribution in [1.29, 1.82) is 0 Å². The zero-order chi connectivity index (χ0) is 20.5. The second-order valence-electron chi connectivity index (χ2n) is 9.04. The van der Waals surface area contributed by atoms with Crippen LogP contribution in [-0.4, -0.2) is 19.6 Å². The van der Waals surface area contributed by atoms with Gasteiger partial charge in [0.15, 0.2) is 0 Å². The molecule has 0 fully saturated rings. The van der Waals surface area contributed by atoms with Gasteiger partial charge in [0, 0.05) is 0 Å². The normalized spacial score (nSPS) is 11.9. The molecule has 1 heteroatoms. The molecule has 162 valence electrons. The first kappa shape index (κ1) is 25.2. The van der Waals surface area contributed by atoms with E-state index in [9.17, 15) is 0 Å². The van der Waals surface area contributed by atoms with E-state index in [1.807, 2.05) is 0 Å². The molecule has 0 unspecified atom stereocenters. The molecule has 0 bridgehead atoms. The number of hydrogen-bond acceptors (Lipinski definition) is 0. The van der Waals surface area contributed by atoms with Gasteiger partial charge < -0.3 is 0 Å². The molecular formula is C27H50N+. The summed E-state index contributed by atoms with van der Waals surface area (Å²) in [7, 11) is 0. The second-order valence-corrected chi connectivity index (χ2v) is 9.04. The molecule has 0 saturated carbocycles. The standard InChI is InChI=1S/C27H50N/c1-5-8-9-10-11-12-13-14-15-16-17-18-25-28(23-6-2,24-7-3)27-21-19-26(4)20-22-27/h19-22H,5-18,23-25H2,1-4H3/q+1. The van der Waals surface area contributed by atoms with Crippen LogP contribution in [0.5, 0.6) is 0 Å². The van der Waals surface area contributed by atoms with Crippen LogP contribution in [0.2, 0.25) is 0 Å². The van der Waals surface area contributed by atoms with E-state index in [-0.39, 0.29) is 0 Å². The van der Waals surface area contributed by atoms with E-state index >= 15 is 0 Å². The predicted octanol–water partition coefficient (Wildman–Crippen LogP) is 8.82. The molecule has 1 aromatic carbocycles. The average molecular weight is 389 g/mol. The van der Waals surface area contributed by atoms with E-state index in [0.29, 0.717) is 0 Å². The largest absolute Gasteiger partial charge is 0.291 e. The molecule has 0 aliphatic carbocycles. The number of unbranched alkanes of at least 4 members (excludes halogenated alkanes) is 11. The highest BCUT2D eigenvalue weighted by Gasteiger charge is 2.27. The highest BCUT2D eigenvalue weighted by molar-refractivity contribution is 5.44. The van der Waals surface area contributed by atoms with E-state index in [1.165, 1.54) is 125 Å². The van der Waals surface area contributed by atoms with E-state index in [2.05, 4.69) is 52.0 Å². The summed E-state index contributed by atoms with van der Waals surface area (Å²) in [6.45, 7) is 13.1. The van der Waals surface area contributed by atoms with Crippen LogP contribution in [0.25, 0.3) is 0 Å². The fourth-order valence-corrected chi connectivity index (χ4v) is 4.70. The van der Waals surface area contributed by atoms with Crippen molar-refractivity contribution in [1.82, 2.24) is 4.48 Å². The van der Waals surface area contributed by atoms with Crippen molar-refractivity contribution < 1.29 is 0 Å².